The van der Waals surface area contributed by atoms with Crippen LogP contribution in [0.5, 0.6) is 0 Å². The number of aromatic nitrogens is 3. The van der Waals surface area contributed by atoms with Crippen LogP contribution in [0.15, 0.2) is 30.3 Å². The van der Waals surface area contributed by atoms with E-state index in [1.165, 1.54) is 6.07 Å². The van der Waals surface area contributed by atoms with Crippen LogP contribution in [0.4, 0.5) is 43.8 Å². The first kappa shape index (κ1) is 33.1. The number of pyridine rings is 1. The van der Waals surface area contributed by atoms with E-state index in [0.29, 0.717) is 43.1 Å². The van der Waals surface area contributed by atoms with Gasteiger partial charge >= 0.3 is 18.3 Å². The molecular formula is C26H30F6N8O3. The summed E-state index contributed by atoms with van der Waals surface area (Å²) in [5, 5.41) is 13.4. The number of carboxylic acid groups (broad SMARTS) is 1. The molecule has 234 valence electrons. The Balaban J connectivity index is 0.000000646. The van der Waals surface area contributed by atoms with Gasteiger partial charge in [0.05, 0.1) is 23.2 Å². The van der Waals surface area contributed by atoms with Crippen LogP contribution < -0.4 is 21.3 Å². The molecule has 0 aliphatic carbocycles. The van der Waals surface area contributed by atoms with Gasteiger partial charge in [0.15, 0.2) is 5.65 Å². The van der Waals surface area contributed by atoms with Crippen molar-refractivity contribution in [1.29, 1.82) is 0 Å². The first-order chi connectivity index (χ1) is 20.0. The second-order valence-corrected chi connectivity index (χ2v) is 9.73. The van der Waals surface area contributed by atoms with Crippen LogP contribution in [-0.2, 0) is 15.8 Å². The number of nitrogen functional groups attached to an aromatic ring is 1. The van der Waals surface area contributed by atoms with Crippen molar-refractivity contribution >= 4 is 40.4 Å². The number of alkyl halides is 6. The standard InChI is InChI=1S/C24H29F3N8O.C2HF3O2/c1-14(2)30-19(36)13-34-9-11-35(12-10-34)18-6-4-5-16(24(25,26)27)20(18)17-8-7-15-21(29-3)32-23(28)33-22(15)31-17;3-2(4,5)1(6)7/h4-8,14H,9-13H2,1-3H3,(H,30,36)(H3,28,29,31,32,33);(H,6,7). The number of piperazine rings is 1. The van der Waals surface area contributed by atoms with E-state index in [1.54, 1.807) is 25.2 Å². The molecule has 3 aromatic rings. The van der Waals surface area contributed by atoms with Crippen LogP contribution >= 0.6 is 0 Å². The molecule has 1 fully saturated rings. The van der Waals surface area contributed by atoms with E-state index in [0.717, 1.165) is 6.07 Å². The minimum absolute atomic E-state index is 0.0129. The lowest BCUT2D eigenvalue weighted by Gasteiger charge is -2.37. The molecule has 5 N–H and O–H groups in total. The first-order valence-corrected chi connectivity index (χ1v) is 12.9. The number of nitrogens with two attached hydrogens (primary N) is 1. The van der Waals surface area contributed by atoms with E-state index in [-0.39, 0.29) is 41.3 Å². The summed E-state index contributed by atoms with van der Waals surface area (Å²) in [6, 6.07) is 7.37. The topological polar surface area (TPSA) is 150 Å². The molecule has 1 amide bonds. The van der Waals surface area contributed by atoms with Crippen LogP contribution in [0.3, 0.4) is 0 Å². The number of benzene rings is 1. The van der Waals surface area contributed by atoms with Crippen molar-refractivity contribution in [3.05, 3.63) is 35.9 Å². The predicted octanol–water partition coefficient (Wildman–Crippen LogP) is 3.61. The summed E-state index contributed by atoms with van der Waals surface area (Å²) >= 11 is 0. The molecule has 0 atom stereocenters. The minimum atomic E-state index is -5.08. The van der Waals surface area contributed by atoms with Gasteiger partial charge in [-0.05, 0) is 38.1 Å². The lowest BCUT2D eigenvalue weighted by Crippen LogP contribution is -2.50. The highest BCUT2D eigenvalue weighted by Gasteiger charge is 2.38. The number of amides is 1. The van der Waals surface area contributed by atoms with Gasteiger partial charge in [-0.3, -0.25) is 9.69 Å². The van der Waals surface area contributed by atoms with Gasteiger partial charge in [-0.15, -0.1) is 0 Å². The quantitative estimate of drug-likeness (QED) is 0.303. The second kappa shape index (κ2) is 13.3. The number of carboxylic acids is 1. The highest BCUT2D eigenvalue weighted by molar-refractivity contribution is 5.91. The average Bonchev–Trinajstić information content (AvgIpc) is 2.91. The van der Waals surface area contributed by atoms with E-state index >= 15 is 0 Å². The smallest absolute Gasteiger partial charge is 0.475 e. The van der Waals surface area contributed by atoms with Crippen LogP contribution in [0, 0.1) is 0 Å². The number of hydrogen-bond donors (Lipinski definition) is 4. The molecule has 17 heteroatoms. The number of hydrogen-bond acceptors (Lipinski definition) is 9. The van der Waals surface area contributed by atoms with E-state index < -0.39 is 23.9 Å². The SMILES string of the molecule is CNc1nc(N)nc2nc(-c3c(N4CCN(CC(=O)NC(C)C)CC4)cccc3C(F)(F)F)ccc12.O=C(O)C(F)(F)F. The van der Waals surface area contributed by atoms with Gasteiger partial charge in [-0.1, -0.05) is 6.07 Å². The van der Waals surface area contributed by atoms with Crippen LogP contribution in [-0.4, -0.2) is 88.8 Å². The molecule has 3 heterocycles. The number of fused-ring (bicyclic) bond motifs is 1. The normalized spacial score (nSPS) is 14.3. The van der Waals surface area contributed by atoms with Gasteiger partial charge in [-0.2, -0.15) is 36.3 Å². The number of nitrogens with zero attached hydrogens (tertiary/aromatic N) is 5. The van der Waals surface area contributed by atoms with Crippen LogP contribution in [0.2, 0.25) is 0 Å². The van der Waals surface area contributed by atoms with Gasteiger partial charge in [-0.25, -0.2) is 9.78 Å². The number of rotatable bonds is 6. The molecule has 43 heavy (non-hydrogen) atoms. The molecule has 1 saturated heterocycles. The number of anilines is 3. The van der Waals surface area contributed by atoms with Gasteiger partial charge in [0.25, 0.3) is 0 Å². The summed E-state index contributed by atoms with van der Waals surface area (Å²) in [4.78, 5) is 37.6. The molecule has 0 saturated carbocycles. The zero-order valence-electron chi connectivity index (χ0n) is 23.3. The maximum atomic E-state index is 14.1. The molecule has 0 spiro atoms. The second-order valence-electron chi connectivity index (χ2n) is 9.73. The number of nitrogens with one attached hydrogen (secondary N) is 2. The van der Waals surface area contributed by atoms with Crippen molar-refractivity contribution < 1.29 is 41.0 Å². The highest BCUT2D eigenvalue weighted by Crippen LogP contribution is 2.42. The predicted molar refractivity (Wildman–Crippen MR) is 147 cm³/mol. The third kappa shape index (κ3) is 8.56. The van der Waals surface area contributed by atoms with E-state index in [4.69, 9.17) is 15.6 Å². The first-order valence-electron chi connectivity index (χ1n) is 12.9. The van der Waals surface area contributed by atoms with Gasteiger partial charge in [0.1, 0.15) is 5.82 Å². The summed E-state index contributed by atoms with van der Waals surface area (Å²) in [6.45, 7) is 6.06. The van der Waals surface area contributed by atoms with E-state index in [9.17, 15) is 31.1 Å². The summed E-state index contributed by atoms with van der Waals surface area (Å²) in [6.07, 6.45) is -9.67. The minimum Gasteiger partial charge on any atom is -0.475 e. The number of aliphatic carboxylic acids is 1. The van der Waals surface area contributed by atoms with Gasteiger partial charge in [0.2, 0.25) is 11.9 Å². The average molecular weight is 617 g/mol. The fourth-order valence-electron chi connectivity index (χ4n) is 4.38. The zero-order valence-corrected chi connectivity index (χ0v) is 23.3. The molecule has 1 aliphatic rings. The Labute approximate surface area is 242 Å². The lowest BCUT2D eigenvalue weighted by molar-refractivity contribution is -0.192. The molecule has 0 unspecified atom stereocenters. The van der Waals surface area contributed by atoms with Crippen LogP contribution in [0.25, 0.3) is 22.3 Å². The fourth-order valence-corrected chi connectivity index (χ4v) is 4.38. The Morgan fingerprint density at radius 2 is 1.63 bits per heavy atom. The summed E-state index contributed by atoms with van der Waals surface area (Å²) in [7, 11) is 1.66. The third-order valence-corrected chi connectivity index (χ3v) is 6.19. The van der Waals surface area contributed by atoms with E-state index in [2.05, 4.69) is 25.6 Å². The molecule has 1 aliphatic heterocycles. The van der Waals surface area contributed by atoms with Crippen molar-refractivity contribution in [3.63, 3.8) is 0 Å². The van der Waals surface area contributed by atoms with Gasteiger partial charge in [0, 0.05) is 50.5 Å². The Bertz CT molecular complexity index is 1460. The van der Waals surface area contributed by atoms with Gasteiger partial charge < -0.3 is 26.4 Å². The van der Waals surface area contributed by atoms with E-state index in [1.807, 2.05) is 23.6 Å². The Morgan fingerprint density at radius 3 is 2.16 bits per heavy atom. The largest absolute Gasteiger partial charge is 0.490 e. The fraction of sp³-hybridized carbons (Fsp3) is 0.423. The van der Waals surface area contributed by atoms with Crippen LogP contribution in [0.1, 0.15) is 19.4 Å². The maximum absolute atomic E-state index is 14.1. The molecule has 4 rings (SSSR count). The maximum Gasteiger partial charge on any atom is 0.490 e. The molecular weight excluding hydrogens is 586 g/mol. The Hall–Kier alpha value is -4.41. The Kier molecular flexibility index (Phi) is 10.2. The Morgan fingerprint density at radius 1 is 1.00 bits per heavy atom. The number of carbonyl (C=O) groups excluding carboxylic acids is 1. The van der Waals surface area contributed by atoms with Crippen molar-refractivity contribution in [2.75, 3.05) is 55.7 Å². The van der Waals surface area contributed by atoms with Crippen molar-refractivity contribution in [1.82, 2.24) is 25.2 Å². The van der Waals surface area contributed by atoms with Crippen molar-refractivity contribution in [3.8, 4) is 11.3 Å². The number of halogens is 6. The summed E-state index contributed by atoms with van der Waals surface area (Å²) < 4.78 is 74.1. The summed E-state index contributed by atoms with van der Waals surface area (Å²) in [5.41, 5.74) is 5.77. The molecule has 0 radical (unpaired) electrons. The third-order valence-electron chi connectivity index (χ3n) is 6.19. The highest BCUT2D eigenvalue weighted by atomic mass is 19.4. The molecule has 2 aromatic heterocycles. The van der Waals surface area contributed by atoms with Crippen molar-refractivity contribution in [2.45, 2.75) is 32.2 Å². The van der Waals surface area contributed by atoms with Crippen molar-refractivity contribution in [2.24, 2.45) is 0 Å². The summed E-state index contributed by atoms with van der Waals surface area (Å²) in [5.74, 6) is -2.41. The zero-order chi connectivity index (χ0) is 32.1. The monoisotopic (exact) mass is 616 g/mol. The lowest BCUT2D eigenvalue weighted by atomic mass is 9.99. The molecule has 0 bridgehead atoms. The molecule has 11 nitrogen and oxygen atoms in total. The molecule has 1 aromatic carbocycles. The number of carbonyl (C=O) groups is 2.